The molecule has 3 aromatic rings. The van der Waals surface area contributed by atoms with Gasteiger partial charge in [0.2, 0.25) is 11.8 Å². The molecule has 0 aliphatic heterocycles. The van der Waals surface area contributed by atoms with Crippen molar-refractivity contribution >= 4 is 55.1 Å². The molecule has 2 atom stereocenters. The van der Waals surface area contributed by atoms with E-state index in [4.69, 9.17) is 11.6 Å². The number of carbonyl (C=O) groups is 2. The molecule has 1 N–H and O–H groups in total. The molecule has 10 heteroatoms. The maximum atomic E-state index is 14.0. The first kappa shape index (κ1) is 31.6. The first-order chi connectivity index (χ1) is 18.8. The second kappa shape index (κ2) is 13.7. The monoisotopic (exact) mass is 647 g/mol. The molecule has 0 saturated heterocycles. The highest BCUT2D eigenvalue weighted by Gasteiger charge is 2.33. The van der Waals surface area contributed by atoms with Crippen LogP contribution >= 0.6 is 27.5 Å². The number of sulfonamides is 1. The first-order valence-corrected chi connectivity index (χ1v) is 15.6. The van der Waals surface area contributed by atoms with Gasteiger partial charge in [0.1, 0.15) is 12.6 Å². The molecule has 0 radical (unpaired) electrons. The number of benzene rings is 3. The normalized spacial score (nSPS) is 12.9. The van der Waals surface area contributed by atoms with E-state index in [0.29, 0.717) is 16.3 Å². The third-order valence-electron chi connectivity index (χ3n) is 6.73. The zero-order chi connectivity index (χ0) is 29.6. The predicted molar refractivity (Wildman–Crippen MR) is 164 cm³/mol. The van der Waals surface area contributed by atoms with E-state index in [0.717, 1.165) is 26.3 Å². The van der Waals surface area contributed by atoms with Crippen LogP contribution in [0.15, 0.2) is 76.1 Å². The van der Waals surface area contributed by atoms with Crippen LogP contribution in [0.1, 0.15) is 43.9 Å². The van der Waals surface area contributed by atoms with Gasteiger partial charge in [-0.1, -0.05) is 64.3 Å². The van der Waals surface area contributed by atoms with Crippen LogP contribution in [0, 0.1) is 13.8 Å². The topological polar surface area (TPSA) is 86.8 Å². The van der Waals surface area contributed by atoms with Crippen molar-refractivity contribution in [3.05, 3.63) is 92.9 Å². The number of carbonyl (C=O) groups excluding carboxylic acids is 2. The fourth-order valence-electron chi connectivity index (χ4n) is 4.13. The minimum absolute atomic E-state index is 0.0568. The molecule has 3 rings (SSSR count). The minimum atomic E-state index is -4.15. The lowest BCUT2D eigenvalue weighted by Gasteiger charge is -2.33. The summed E-state index contributed by atoms with van der Waals surface area (Å²) in [5.41, 5.74) is 2.63. The number of nitrogens with one attached hydrogen (secondary N) is 1. The first-order valence-electron chi connectivity index (χ1n) is 13.0. The SMILES string of the molecule is CCC(C)NC(=O)C(C)N(Cc1cccc(Br)c1)C(=O)CN(c1ccc(Cl)cc1C)S(=O)(=O)c1ccc(C)cc1. The van der Waals surface area contributed by atoms with Gasteiger partial charge in [-0.3, -0.25) is 13.9 Å². The Morgan fingerprint density at radius 2 is 1.68 bits per heavy atom. The second-order valence-corrected chi connectivity index (χ2v) is 13.1. The van der Waals surface area contributed by atoms with Crippen LogP contribution < -0.4 is 9.62 Å². The van der Waals surface area contributed by atoms with Gasteiger partial charge in [0.05, 0.1) is 10.6 Å². The maximum absolute atomic E-state index is 14.0. The standard InChI is InChI=1S/C30H35BrClN3O4S/c1-6-22(4)33-30(37)23(5)34(18-24-8-7-9-25(31)17-24)29(36)19-35(28-15-12-26(32)16-21(28)3)40(38,39)27-13-10-20(2)11-14-27/h7-17,22-23H,6,18-19H2,1-5H3,(H,33,37). The van der Waals surface area contributed by atoms with Gasteiger partial charge in [-0.25, -0.2) is 8.42 Å². The Balaban J connectivity index is 2.06. The largest absolute Gasteiger partial charge is 0.352 e. The van der Waals surface area contributed by atoms with Crippen molar-refractivity contribution in [1.82, 2.24) is 10.2 Å². The lowest BCUT2D eigenvalue weighted by molar-refractivity contribution is -0.139. The molecule has 7 nitrogen and oxygen atoms in total. The van der Waals surface area contributed by atoms with E-state index >= 15 is 0 Å². The van der Waals surface area contributed by atoms with Crippen LogP contribution in [0.25, 0.3) is 0 Å². The van der Waals surface area contributed by atoms with Crippen LogP contribution in [0.5, 0.6) is 0 Å². The highest BCUT2D eigenvalue weighted by molar-refractivity contribution is 9.10. The summed E-state index contributed by atoms with van der Waals surface area (Å²) in [4.78, 5) is 28.7. The molecular weight excluding hydrogens is 614 g/mol. The van der Waals surface area contributed by atoms with Gasteiger partial charge >= 0.3 is 0 Å². The van der Waals surface area contributed by atoms with Gasteiger partial charge in [-0.2, -0.15) is 0 Å². The van der Waals surface area contributed by atoms with E-state index in [1.807, 2.05) is 45.0 Å². The van der Waals surface area contributed by atoms with Gasteiger partial charge in [0.25, 0.3) is 10.0 Å². The van der Waals surface area contributed by atoms with Crippen molar-refractivity contribution in [1.29, 1.82) is 0 Å². The summed E-state index contributed by atoms with van der Waals surface area (Å²) >= 11 is 9.63. The zero-order valence-corrected chi connectivity index (χ0v) is 26.5. The molecule has 40 heavy (non-hydrogen) atoms. The van der Waals surface area contributed by atoms with Crippen molar-refractivity contribution in [3.8, 4) is 0 Å². The Kier molecular flexibility index (Phi) is 10.8. The Hall–Kier alpha value is -2.88. The lowest BCUT2D eigenvalue weighted by atomic mass is 10.1. The van der Waals surface area contributed by atoms with E-state index < -0.39 is 28.5 Å². The van der Waals surface area contributed by atoms with Crippen LogP contribution in [0.2, 0.25) is 5.02 Å². The number of nitrogens with zero attached hydrogens (tertiary/aromatic N) is 2. The summed E-state index contributed by atoms with van der Waals surface area (Å²) in [6.45, 7) is 8.73. The van der Waals surface area contributed by atoms with Crippen LogP contribution in [-0.2, 0) is 26.2 Å². The van der Waals surface area contributed by atoms with Gasteiger partial charge in [0, 0.05) is 22.1 Å². The quantitative estimate of drug-likeness (QED) is 0.267. The third-order valence-corrected chi connectivity index (χ3v) is 9.23. The van der Waals surface area contributed by atoms with Gasteiger partial charge < -0.3 is 10.2 Å². The van der Waals surface area contributed by atoms with Gasteiger partial charge in [-0.15, -0.1) is 0 Å². The molecule has 0 aromatic heterocycles. The van der Waals surface area contributed by atoms with E-state index in [9.17, 15) is 18.0 Å². The Bertz CT molecular complexity index is 1460. The van der Waals surface area contributed by atoms with Crippen molar-refractivity contribution in [2.75, 3.05) is 10.8 Å². The van der Waals surface area contributed by atoms with Crippen LogP contribution in [-0.4, -0.2) is 43.8 Å². The van der Waals surface area contributed by atoms with E-state index in [1.54, 1.807) is 44.2 Å². The second-order valence-electron chi connectivity index (χ2n) is 9.90. The predicted octanol–water partition coefficient (Wildman–Crippen LogP) is 6.25. The molecule has 0 bridgehead atoms. The zero-order valence-electron chi connectivity index (χ0n) is 23.3. The third kappa shape index (κ3) is 7.86. The van der Waals surface area contributed by atoms with Crippen molar-refractivity contribution in [3.63, 3.8) is 0 Å². The average Bonchev–Trinajstić information content (AvgIpc) is 2.90. The number of rotatable bonds is 11. The summed E-state index contributed by atoms with van der Waals surface area (Å²) in [7, 11) is -4.15. The molecule has 0 saturated carbocycles. The maximum Gasteiger partial charge on any atom is 0.264 e. The Labute approximate surface area is 250 Å². The summed E-state index contributed by atoms with van der Waals surface area (Å²) in [5.74, 6) is -0.829. The molecule has 2 amide bonds. The number of hydrogen-bond donors (Lipinski definition) is 1. The van der Waals surface area contributed by atoms with Crippen LogP contribution in [0.3, 0.4) is 0 Å². The summed E-state index contributed by atoms with van der Waals surface area (Å²) in [5, 5.41) is 3.39. The van der Waals surface area contributed by atoms with Crippen LogP contribution in [0.4, 0.5) is 5.69 Å². The van der Waals surface area contributed by atoms with Gasteiger partial charge in [0.15, 0.2) is 0 Å². The molecule has 0 heterocycles. The molecule has 0 aliphatic rings. The summed E-state index contributed by atoms with van der Waals surface area (Å²) < 4.78 is 29.9. The van der Waals surface area contributed by atoms with E-state index in [1.165, 1.54) is 17.0 Å². The number of aryl methyl sites for hydroxylation is 2. The molecule has 0 spiro atoms. The fourth-order valence-corrected chi connectivity index (χ4v) is 6.28. The number of anilines is 1. The fraction of sp³-hybridized carbons (Fsp3) is 0.333. The summed E-state index contributed by atoms with van der Waals surface area (Å²) in [6.07, 6.45) is 0.733. The Morgan fingerprint density at radius 1 is 1.00 bits per heavy atom. The molecule has 3 aromatic carbocycles. The highest BCUT2D eigenvalue weighted by atomic mass is 79.9. The highest BCUT2D eigenvalue weighted by Crippen LogP contribution is 2.29. The van der Waals surface area contributed by atoms with E-state index in [2.05, 4.69) is 21.2 Å². The number of amides is 2. The molecule has 214 valence electrons. The number of hydrogen-bond acceptors (Lipinski definition) is 4. The van der Waals surface area contributed by atoms with Gasteiger partial charge in [-0.05, 0) is 87.7 Å². The number of halogens is 2. The van der Waals surface area contributed by atoms with E-state index in [-0.39, 0.29) is 23.4 Å². The average molecular weight is 649 g/mol. The minimum Gasteiger partial charge on any atom is -0.352 e. The van der Waals surface area contributed by atoms with Crippen molar-refractivity contribution < 1.29 is 18.0 Å². The van der Waals surface area contributed by atoms with Crippen molar-refractivity contribution in [2.45, 2.75) is 64.6 Å². The molecular formula is C30H35BrClN3O4S. The lowest BCUT2D eigenvalue weighted by Crippen LogP contribution is -2.52. The molecule has 0 fully saturated rings. The molecule has 0 aliphatic carbocycles. The van der Waals surface area contributed by atoms with Crippen molar-refractivity contribution in [2.24, 2.45) is 0 Å². The smallest absolute Gasteiger partial charge is 0.264 e. The Morgan fingerprint density at radius 3 is 2.27 bits per heavy atom. The summed E-state index contributed by atoms with van der Waals surface area (Å²) in [6, 6.07) is 17.8. The molecule has 2 unspecified atom stereocenters.